The summed E-state index contributed by atoms with van der Waals surface area (Å²) in [6.45, 7) is 10.7. The number of hydrogen-bond acceptors (Lipinski definition) is 2. The van der Waals surface area contributed by atoms with E-state index in [0.29, 0.717) is 17.7 Å². The SMILES string of the molecule is CCCC(CS)CN1CC(C(C)(C)C)CC1=O. The molecule has 3 heteroatoms. The predicted octanol–water partition coefficient (Wildman–Crippen LogP) is 3.23. The highest BCUT2D eigenvalue weighted by Crippen LogP contribution is 2.34. The van der Waals surface area contributed by atoms with Gasteiger partial charge in [-0.25, -0.2) is 0 Å². The quantitative estimate of drug-likeness (QED) is 0.750. The number of carbonyl (C=O) groups is 1. The van der Waals surface area contributed by atoms with Crippen molar-refractivity contribution in [3.8, 4) is 0 Å². The molecule has 2 unspecified atom stereocenters. The lowest BCUT2D eigenvalue weighted by Gasteiger charge is -2.27. The van der Waals surface area contributed by atoms with Crippen molar-refractivity contribution in [1.82, 2.24) is 4.90 Å². The van der Waals surface area contributed by atoms with E-state index in [2.05, 4.69) is 45.2 Å². The summed E-state index contributed by atoms with van der Waals surface area (Å²) >= 11 is 4.39. The molecule has 0 aromatic heterocycles. The minimum Gasteiger partial charge on any atom is -0.342 e. The topological polar surface area (TPSA) is 20.3 Å². The van der Waals surface area contributed by atoms with Crippen LogP contribution in [0.15, 0.2) is 0 Å². The second-order valence-corrected chi connectivity index (χ2v) is 6.77. The van der Waals surface area contributed by atoms with Gasteiger partial charge in [-0.3, -0.25) is 4.79 Å². The van der Waals surface area contributed by atoms with Gasteiger partial charge in [0.25, 0.3) is 0 Å². The van der Waals surface area contributed by atoms with Gasteiger partial charge in [0.05, 0.1) is 0 Å². The lowest BCUT2D eigenvalue weighted by atomic mass is 9.80. The van der Waals surface area contributed by atoms with Gasteiger partial charge in [0.2, 0.25) is 5.91 Å². The Morgan fingerprint density at radius 2 is 2.12 bits per heavy atom. The fraction of sp³-hybridized carbons (Fsp3) is 0.929. The molecule has 0 radical (unpaired) electrons. The Morgan fingerprint density at radius 1 is 1.47 bits per heavy atom. The Bertz CT molecular complexity index is 259. The third-order valence-electron chi connectivity index (χ3n) is 3.87. The minimum atomic E-state index is 0.242. The van der Waals surface area contributed by atoms with Gasteiger partial charge in [-0.1, -0.05) is 34.1 Å². The second-order valence-electron chi connectivity index (χ2n) is 6.40. The van der Waals surface area contributed by atoms with Gasteiger partial charge in [0, 0.05) is 19.5 Å². The third kappa shape index (κ3) is 4.20. The first-order valence-corrected chi connectivity index (χ1v) is 7.40. The Kier molecular flexibility index (Phi) is 5.36. The number of nitrogens with zero attached hydrogens (tertiary/aromatic N) is 1. The molecule has 0 spiro atoms. The Morgan fingerprint density at radius 3 is 2.53 bits per heavy atom. The highest BCUT2D eigenvalue weighted by atomic mass is 32.1. The monoisotopic (exact) mass is 257 g/mol. The van der Waals surface area contributed by atoms with E-state index in [9.17, 15) is 4.79 Å². The van der Waals surface area contributed by atoms with Crippen molar-refractivity contribution in [2.75, 3.05) is 18.8 Å². The van der Waals surface area contributed by atoms with E-state index in [1.54, 1.807) is 0 Å². The highest BCUT2D eigenvalue weighted by molar-refractivity contribution is 7.80. The second kappa shape index (κ2) is 6.12. The predicted molar refractivity (Wildman–Crippen MR) is 76.4 cm³/mol. The molecule has 1 saturated heterocycles. The van der Waals surface area contributed by atoms with Crippen LogP contribution in [0.5, 0.6) is 0 Å². The van der Waals surface area contributed by atoms with Crippen LogP contribution in [0.4, 0.5) is 0 Å². The van der Waals surface area contributed by atoms with Crippen molar-refractivity contribution in [2.24, 2.45) is 17.3 Å². The molecule has 0 aromatic rings. The van der Waals surface area contributed by atoms with Crippen molar-refractivity contribution in [1.29, 1.82) is 0 Å². The molecule has 0 saturated carbocycles. The number of rotatable bonds is 5. The average molecular weight is 257 g/mol. The maximum Gasteiger partial charge on any atom is 0.222 e. The summed E-state index contributed by atoms with van der Waals surface area (Å²) in [5.41, 5.74) is 0.242. The summed E-state index contributed by atoms with van der Waals surface area (Å²) in [6, 6.07) is 0. The molecule has 100 valence electrons. The summed E-state index contributed by atoms with van der Waals surface area (Å²) in [5, 5.41) is 0. The first kappa shape index (κ1) is 14.9. The highest BCUT2D eigenvalue weighted by Gasteiger charge is 2.37. The van der Waals surface area contributed by atoms with E-state index in [1.165, 1.54) is 12.8 Å². The summed E-state index contributed by atoms with van der Waals surface area (Å²) in [4.78, 5) is 14.0. The molecule has 2 atom stereocenters. The van der Waals surface area contributed by atoms with Crippen LogP contribution < -0.4 is 0 Å². The molecule has 0 N–H and O–H groups in total. The van der Waals surface area contributed by atoms with E-state index in [1.807, 2.05) is 0 Å². The molecule has 1 fully saturated rings. The van der Waals surface area contributed by atoms with E-state index in [-0.39, 0.29) is 5.41 Å². The van der Waals surface area contributed by atoms with Gasteiger partial charge in [0.15, 0.2) is 0 Å². The molecule has 1 aliphatic rings. The largest absolute Gasteiger partial charge is 0.342 e. The van der Waals surface area contributed by atoms with Crippen molar-refractivity contribution >= 4 is 18.5 Å². The lowest BCUT2D eigenvalue weighted by molar-refractivity contribution is -0.128. The zero-order valence-electron chi connectivity index (χ0n) is 11.7. The van der Waals surface area contributed by atoms with Crippen molar-refractivity contribution in [3.63, 3.8) is 0 Å². The zero-order valence-corrected chi connectivity index (χ0v) is 12.6. The molecule has 17 heavy (non-hydrogen) atoms. The molecular formula is C14H27NOS. The zero-order chi connectivity index (χ0) is 13.1. The van der Waals surface area contributed by atoms with Gasteiger partial charge < -0.3 is 4.90 Å². The third-order valence-corrected chi connectivity index (χ3v) is 4.39. The number of hydrogen-bond donors (Lipinski definition) is 1. The first-order valence-electron chi connectivity index (χ1n) is 6.77. The van der Waals surface area contributed by atoms with Gasteiger partial charge in [-0.15, -0.1) is 0 Å². The first-order chi connectivity index (χ1) is 7.88. The molecule has 1 aliphatic heterocycles. The van der Waals surface area contributed by atoms with Gasteiger partial charge >= 0.3 is 0 Å². The smallest absolute Gasteiger partial charge is 0.222 e. The Balaban J connectivity index is 2.53. The Labute approximate surface area is 112 Å². The van der Waals surface area contributed by atoms with Crippen molar-refractivity contribution in [3.05, 3.63) is 0 Å². The molecule has 0 bridgehead atoms. The van der Waals surface area contributed by atoms with Crippen LogP contribution in [-0.4, -0.2) is 29.6 Å². The van der Waals surface area contributed by atoms with Crippen LogP contribution in [0.25, 0.3) is 0 Å². The van der Waals surface area contributed by atoms with Crippen LogP contribution in [0.3, 0.4) is 0 Å². The summed E-state index contributed by atoms with van der Waals surface area (Å²) in [5.74, 6) is 2.30. The standard InChI is InChI=1S/C14H27NOS/c1-5-6-11(10-17)8-15-9-12(7-13(15)16)14(2,3)4/h11-12,17H,5-10H2,1-4H3. The number of carbonyl (C=O) groups excluding carboxylic acids is 1. The molecule has 2 nitrogen and oxygen atoms in total. The lowest BCUT2D eigenvalue weighted by Crippen LogP contribution is -2.33. The van der Waals surface area contributed by atoms with Gasteiger partial charge in [-0.05, 0) is 29.4 Å². The van der Waals surface area contributed by atoms with E-state index in [4.69, 9.17) is 0 Å². The molecule has 0 aliphatic carbocycles. The minimum absolute atomic E-state index is 0.242. The molecule has 0 aromatic carbocycles. The van der Waals surface area contributed by atoms with Gasteiger partial charge in [-0.2, -0.15) is 12.6 Å². The number of amides is 1. The van der Waals surface area contributed by atoms with E-state index < -0.39 is 0 Å². The average Bonchev–Trinajstić information content (AvgIpc) is 2.59. The van der Waals surface area contributed by atoms with Crippen molar-refractivity contribution in [2.45, 2.75) is 47.0 Å². The maximum absolute atomic E-state index is 12.0. The normalized spacial score (nSPS) is 23.2. The van der Waals surface area contributed by atoms with Gasteiger partial charge in [0.1, 0.15) is 0 Å². The van der Waals surface area contributed by atoms with Crippen molar-refractivity contribution < 1.29 is 4.79 Å². The molecular weight excluding hydrogens is 230 g/mol. The summed E-state index contributed by atoms with van der Waals surface area (Å²) < 4.78 is 0. The fourth-order valence-corrected chi connectivity index (χ4v) is 2.79. The fourth-order valence-electron chi connectivity index (χ4n) is 2.49. The Hall–Kier alpha value is -0.180. The summed E-state index contributed by atoms with van der Waals surface area (Å²) in [6.07, 6.45) is 3.08. The number of thiol groups is 1. The molecule has 1 rings (SSSR count). The number of likely N-dealkylation sites (tertiary alicyclic amines) is 1. The molecule has 1 heterocycles. The van der Waals surface area contributed by atoms with Crippen LogP contribution in [-0.2, 0) is 4.79 Å². The van der Waals surface area contributed by atoms with E-state index >= 15 is 0 Å². The summed E-state index contributed by atoms with van der Waals surface area (Å²) in [7, 11) is 0. The van der Waals surface area contributed by atoms with Crippen LogP contribution in [0.1, 0.15) is 47.0 Å². The van der Waals surface area contributed by atoms with Crippen LogP contribution in [0.2, 0.25) is 0 Å². The molecule has 1 amide bonds. The van der Waals surface area contributed by atoms with E-state index in [0.717, 1.165) is 25.3 Å². The van der Waals surface area contributed by atoms with Crippen LogP contribution in [0, 0.1) is 17.3 Å². The van der Waals surface area contributed by atoms with Crippen LogP contribution >= 0.6 is 12.6 Å². The maximum atomic E-state index is 12.0.